The van der Waals surface area contributed by atoms with Gasteiger partial charge in [-0.05, 0) is 54.8 Å². The molecule has 0 aliphatic carbocycles. The quantitative estimate of drug-likeness (QED) is 0.680. The van der Waals surface area contributed by atoms with Gasteiger partial charge < -0.3 is 0 Å². The average Bonchev–Trinajstić information content (AvgIpc) is 2.58. The molecule has 0 bridgehead atoms. The van der Waals surface area contributed by atoms with Crippen LogP contribution in [0.4, 0.5) is 8.78 Å². The lowest BCUT2D eigenvalue weighted by molar-refractivity contribution is 0.468. The number of hydrogen-bond acceptors (Lipinski definition) is 3. The first-order valence-electron chi connectivity index (χ1n) is 8.14. The molecule has 148 valence electrons. The maximum Gasteiger partial charge on any atom is 0.185 e. The van der Waals surface area contributed by atoms with E-state index < -0.39 is 43.6 Å². The Kier molecular flexibility index (Phi) is 7.50. The van der Waals surface area contributed by atoms with Gasteiger partial charge in [-0.25, -0.2) is 26.1 Å². The third-order valence-corrected chi connectivity index (χ3v) is 7.34. The number of benzene rings is 2. The predicted molar refractivity (Wildman–Crippen MR) is 104 cm³/mol. The van der Waals surface area contributed by atoms with Crippen LogP contribution in [-0.4, -0.2) is 25.4 Å². The van der Waals surface area contributed by atoms with Gasteiger partial charge in [-0.2, -0.15) is 0 Å². The van der Waals surface area contributed by atoms with Gasteiger partial charge in [0.1, 0.15) is 11.6 Å². The van der Waals surface area contributed by atoms with Gasteiger partial charge >= 0.3 is 0 Å². The van der Waals surface area contributed by atoms with Crippen molar-refractivity contribution in [2.24, 2.45) is 5.92 Å². The first-order valence-corrected chi connectivity index (χ1v) is 11.6. The van der Waals surface area contributed by atoms with Crippen LogP contribution in [0.3, 0.4) is 0 Å². The number of rotatable bonds is 8. The van der Waals surface area contributed by atoms with E-state index in [1.165, 1.54) is 30.5 Å². The number of sulfone groups is 1. The molecular weight excluding hydrogens is 416 g/mol. The minimum Gasteiger partial charge on any atom is -0.243 e. The molecule has 2 aromatic rings. The molecule has 2 rings (SSSR count). The van der Waals surface area contributed by atoms with Gasteiger partial charge in [0.2, 0.25) is 0 Å². The topological polar surface area (TPSA) is 63.2 Å². The first-order chi connectivity index (χ1) is 12.6. The second-order valence-electron chi connectivity index (χ2n) is 6.20. The Morgan fingerprint density at radius 1 is 1.15 bits per heavy atom. The highest BCUT2D eigenvalue weighted by atomic mass is 35.5. The Morgan fingerprint density at radius 2 is 1.78 bits per heavy atom. The van der Waals surface area contributed by atoms with Crippen LogP contribution in [0.1, 0.15) is 24.2 Å². The van der Waals surface area contributed by atoms with Crippen molar-refractivity contribution in [3.63, 3.8) is 0 Å². The van der Waals surface area contributed by atoms with E-state index in [2.05, 4.69) is 4.72 Å². The van der Waals surface area contributed by atoms with E-state index in [1.807, 2.05) is 0 Å². The van der Waals surface area contributed by atoms with E-state index in [9.17, 15) is 21.4 Å². The summed E-state index contributed by atoms with van der Waals surface area (Å²) >= 11 is 5.82. The summed E-state index contributed by atoms with van der Waals surface area (Å²) in [5, 5.41) is -0.938. The fourth-order valence-corrected chi connectivity index (χ4v) is 5.47. The molecule has 0 aliphatic rings. The average molecular weight is 436 g/mol. The minimum atomic E-state index is -4.03. The van der Waals surface area contributed by atoms with E-state index in [1.54, 1.807) is 6.92 Å². The summed E-state index contributed by atoms with van der Waals surface area (Å²) in [7, 11) is -5.28. The van der Waals surface area contributed by atoms with Gasteiger partial charge in [-0.3, -0.25) is 0 Å². The smallest absolute Gasteiger partial charge is 0.185 e. The monoisotopic (exact) mass is 435 g/mol. The van der Waals surface area contributed by atoms with Crippen LogP contribution in [0.5, 0.6) is 0 Å². The second kappa shape index (κ2) is 9.23. The van der Waals surface area contributed by atoms with Gasteiger partial charge in [0.25, 0.3) is 0 Å². The fraction of sp³-hybridized carbons (Fsp3) is 0.333. The maximum absolute atomic E-state index is 14.4. The highest BCUT2D eigenvalue weighted by Gasteiger charge is 2.35. The maximum atomic E-state index is 14.4. The zero-order valence-corrected chi connectivity index (χ0v) is 17.2. The van der Waals surface area contributed by atoms with Crippen molar-refractivity contribution >= 4 is 32.4 Å². The van der Waals surface area contributed by atoms with Crippen molar-refractivity contribution in [2.75, 3.05) is 12.8 Å². The Bertz CT molecular complexity index is 921. The molecule has 0 amide bonds. The van der Waals surface area contributed by atoms with Gasteiger partial charge in [0.15, 0.2) is 9.84 Å². The minimum absolute atomic E-state index is 0.0283. The van der Waals surface area contributed by atoms with Crippen LogP contribution in [0.25, 0.3) is 0 Å². The van der Waals surface area contributed by atoms with Crippen molar-refractivity contribution in [1.29, 1.82) is 0 Å². The second-order valence-corrected chi connectivity index (χ2v) is 9.90. The van der Waals surface area contributed by atoms with Gasteiger partial charge in [-0.15, -0.1) is 0 Å². The van der Waals surface area contributed by atoms with E-state index >= 15 is 0 Å². The van der Waals surface area contributed by atoms with Crippen molar-refractivity contribution in [2.45, 2.75) is 23.5 Å². The van der Waals surface area contributed by atoms with E-state index in [4.69, 9.17) is 11.6 Å². The zero-order valence-electron chi connectivity index (χ0n) is 14.8. The summed E-state index contributed by atoms with van der Waals surface area (Å²) in [6.07, 6.45) is 1.76. The SMILES string of the molecule is CC(CCNS(C)=O)C(c1cc(F)ccc1F)S(=O)(=O)c1ccc(Cl)cc1. The lowest BCUT2D eigenvalue weighted by atomic mass is 9.97. The first kappa shape index (κ1) is 21.9. The van der Waals surface area contributed by atoms with Crippen LogP contribution in [0.15, 0.2) is 47.4 Å². The highest BCUT2D eigenvalue weighted by molar-refractivity contribution is 7.91. The molecular formula is C18H20ClF2NO3S2. The molecule has 0 saturated carbocycles. The third-order valence-electron chi connectivity index (χ3n) is 4.16. The molecule has 3 atom stereocenters. The van der Waals surface area contributed by atoms with E-state index in [-0.39, 0.29) is 17.0 Å². The van der Waals surface area contributed by atoms with Gasteiger partial charge in [0, 0.05) is 23.4 Å². The van der Waals surface area contributed by atoms with Crippen LogP contribution in [0.2, 0.25) is 5.02 Å². The number of hydrogen-bond donors (Lipinski definition) is 1. The fourth-order valence-electron chi connectivity index (χ4n) is 2.86. The Hall–Kier alpha value is -1.35. The van der Waals surface area contributed by atoms with Crippen molar-refractivity contribution in [1.82, 2.24) is 4.72 Å². The van der Waals surface area contributed by atoms with Gasteiger partial charge in [0.05, 0.1) is 21.1 Å². The number of nitrogens with one attached hydrogen (secondary N) is 1. The molecule has 27 heavy (non-hydrogen) atoms. The van der Waals surface area contributed by atoms with Crippen molar-refractivity contribution in [3.8, 4) is 0 Å². The molecule has 1 N–H and O–H groups in total. The standard InChI is InChI=1S/C18H20ClF2NO3S2/c1-12(9-10-22-26(2)23)18(16-11-14(20)5-8-17(16)21)27(24,25)15-6-3-13(19)4-7-15/h3-8,11-12,18,22H,9-10H2,1-2H3. The van der Waals surface area contributed by atoms with Crippen LogP contribution in [-0.2, 0) is 20.8 Å². The molecule has 9 heteroatoms. The summed E-state index contributed by atoms with van der Waals surface area (Å²) in [6, 6.07) is 8.31. The normalized spacial score (nSPS) is 15.3. The molecule has 4 nitrogen and oxygen atoms in total. The van der Waals surface area contributed by atoms with Crippen molar-refractivity contribution < 1.29 is 21.4 Å². The Morgan fingerprint density at radius 3 is 2.37 bits per heavy atom. The van der Waals surface area contributed by atoms with Crippen LogP contribution >= 0.6 is 11.6 Å². The molecule has 0 radical (unpaired) electrons. The summed E-state index contributed by atoms with van der Waals surface area (Å²) in [5.41, 5.74) is -0.227. The van der Waals surface area contributed by atoms with E-state index in [0.29, 0.717) is 11.4 Å². The molecule has 0 aromatic heterocycles. The van der Waals surface area contributed by atoms with E-state index in [0.717, 1.165) is 18.2 Å². The number of halogens is 3. The third kappa shape index (κ3) is 5.57. The molecule has 2 aromatic carbocycles. The summed E-state index contributed by atoms with van der Waals surface area (Å²) < 4.78 is 68.5. The summed E-state index contributed by atoms with van der Waals surface area (Å²) in [4.78, 5) is -0.0283. The zero-order chi connectivity index (χ0) is 20.2. The summed E-state index contributed by atoms with van der Waals surface area (Å²) in [6.45, 7) is 1.91. The molecule has 0 heterocycles. The molecule has 0 aliphatic heterocycles. The lowest BCUT2D eigenvalue weighted by Gasteiger charge is -2.25. The predicted octanol–water partition coefficient (Wildman–Crippen LogP) is 4.04. The van der Waals surface area contributed by atoms with Crippen LogP contribution in [0, 0.1) is 17.6 Å². The van der Waals surface area contributed by atoms with Crippen molar-refractivity contribution in [3.05, 3.63) is 64.7 Å². The molecule has 0 spiro atoms. The van der Waals surface area contributed by atoms with Gasteiger partial charge in [-0.1, -0.05) is 18.5 Å². The molecule has 0 saturated heterocycles. The van der Waals surface area contributed by atoms with Crippen LogP contribution < -0.4 is 4.72 Å². The lowest BCUT2D eigenvalue weighted by Crippen LogP contribution is -2.26. The molecule has 0 fully saturated rings. The Labute approximate surface area is 165 Å². The highest BCUT2D eigenvalue weighted by Crippen LogP contribution is 2.38. The Balaban J connectivity index is 2.50. The summed E-state index contributed by atoms with van der Waals surface area (Å²) in [5.74, 6) is -2.08. The largest absolute Gasteiger partial charge is 0.243 e. The molecule has 3 unspecified atom stereocenters.